The van der Waals surface area contributed by atoms with E-state index in [1.165, 1.54) is 32.1 Å². The molecule has 3 aliphatic carbocycles. The van der Waals surface area contributed by atoms with Crippen LogP contribution in [0.1, 0.15) is 51.4 Å². The molecule has 1 saturated carbocycles. The van der Waals surface area contributed by atoms with Crippen molar-refractivity contribution in [3.8, 4) is 0 Å². The first kappa shape index (κ1) is 20.6. The molecule has 0 aromatic carbocycles. The van der Waals surface area contributed by atoms with Crippen LogP contribution in [0.5, 0.6) is 0 Å². The fourth-order valence-electron chi connectivity index (χ4n) is 4.42. The van der Waals surface area contributed by atoms with Crippen LogP contribution in [-0.4, -0.2) is 36.6 Å². The molecule has 4 aliphatic rings. The fourth-order valence-corrected chi connectivity index (χ4v) is 4.42. The standard InChI is InChI=1S/C26H34N4/c1-2-12-20-28-22-14-6-4-8-16-24(22)30-26-18-10-9-17-25(26)29-23-15-7-3-5-13-21(23)27-19-11-1/h3-8,13-16,25-27,30H,1-2,9-12,17-20H2/t25-,26-/m0/s1. The molecule has 4 heteroatoms. The van der Waals surface area contributed by atoms with Crippen molar-refractivity contribution >= 4 is 11.4 Å². The highest BCUT2D eigenvalue weighted by Gasteiger charge is 2.26. The minimum atomic E-state index is 0.271. The van der Waals surface area contributed by atoms with E-state index in [0.29, 0.717) is 6.04 Å². The minimum absolute atomic E-state index is 0.271. The molecule has 1 heterocycles. The van der Waals surface area contributed by atoms with Crippen molar-refractivity contribution in [2.45, 2.75) is 63.5 Å². The van der Waals surface area contributed by atoms with Crippen molar-refractivity contribution in [2.75, 3.05) is 13.1 Å². The Balaban J connectivity index is 1.63. The predicted molar refractivity (Wildman–Crippen MR) is 128 cm³/mol. The number of fused-ring (bicyclic) bond motifs is 3. The Bertz CT molecular complexity index is 835. The smallest absolute Gasteiger partial charge is 0.0810 e. The second-order valence-corrected chi connectivity index (χ2v) is 8.37. The minimum Gasteiger partial charge on any atom is -0.383 e. The maximum atomic E-state index is 5.26. The van der Waals surface area contributed by atoms with Gasteiger partial charge >= 0.3 is 0 Å². The summed E-state index contributed by atoms with van der Waals surface area (Å²) in [6.45, 7) is 1.89. The Labute approximate surface area is 181 Å². The lowest BCUT2D eigenvalue weighted by atomic mass is 9.90. The summed E-state index contributed by atoms with van der Waals surface area (Å²) in [6, 6.07) is 0.606. The number of rotatable bonds is 0. The van der Waals surface area contributed by atoms with Gasteiger partial charge in [-0.15, -0.1) is 0 Å². The van der Waals surface area contributed by atoms with Gasteiger partial charge in [-0.3, -0.25) is 9.98 Å². The molecule has 1 aliphatic heterocycles. The summed E-state index contributed by atoms with van der Waals surface area (Å²) in [5.74, 6) is 0. The maximum Gasteiger partial charge on any atom is 0.0810 e. The van der Waals surface area contributed by atoms with E-state index in [-0.39, 0.29) is 6.04 Å². The van der Waals surface area contributed by atoms with E-state index in [1.807, 2.05) is 0 Å². The maximum absolute atomic E-state index is 5.26. The van der Waals surface area contributed by atoms with Gasteiger partial charge in [0.15, 0.2) is 0 Å². The van der Waals surface area contributed by atoms with E-state index < -0.39 is 0 Å². The van der Waals surface area contributed by atoms with Gasteiger partial charge in [-0.1, -0.05) is 62.1 Å². The van der Waals surface area contributed by atoms with Crippen molar-refractivity contribution in [1.29, 1.82) is 0 Å². The summed E-state index contributed by atoms with van der Waals surface area (Å²) in [7, 11) is 0. The van der Waals surface area contributed by atoms with Crippen LogP contribution in [0.3, 0.4) is 0 Å². The highest BCUT2D eigenvalue weighted by Crippen LogP contribution is 2.24. The van der Waals surface area contributed by atoms with Crippen LogP contribution in [-0.2, 0) is 0 Å². The molecule has 0 saturated heterocycles. The number of nitrogens with zero attached hydrogens (tertiary/aromatic N) is 2. The van der Waals surface area contributed by atoms with Crippen molar-refractivity contribution in [2.24, 2.45) is 9.98 Å². The number of hydrogen-bond donors (Lipinski definition) is 2. The Morgan fingerprint density at radius 3 is 2.37 bits per heavy atom. The van der Waals surface area contributed by atoms with E-state index in [2.05, 4.69) is 71.4 Å². The number of aliphatic imine (C=N–C) groups is 2. The number of nitrogens with one attached hydrogen (secondary N) is 2. The van der Waals surface area contributed by atoms with Gasteiger partial charge in [-0.25, -0.2) is 0 Å². The van der Waals surface area contributed by atoms with Crippen molar-refractivity contribution in [1.82, 2.24) is 10.6 Å². The molecular weight excluding hydrogens is 368 g/mol. The molecule has 4 nitrogen and oxygen atoms in total. The van der Waals surface area contributed by atoms with E-state index in [9.17, 15) is 0 Å². The quantitative estimate of drug-likeness (QED) is 0.602. The van der Waals surface area contributed by atoms with Crippen LogP contribution in [0, 0.1) is 0 Å². The van der Waals surface area contributed by atoms with Crippen molar-refractivity contribution in [3.05, 3.63) is 72.2 Å². The van der Waals surface area contributed by atoms with Gasteiger partial charge in [0.1, 0.15) is 0 Å². The first-order valence-electron chi connectivity index (χ1n) is 11.6. The lowest BCUT2D eigenvalue weighted by Crippen LogP contribution is -2.42. The molecule has 0 aromatic heterocycles. The molecule has 0 unspecified atom stereocenters. The largest absolute Gasteiger partial charge is 0.383 e. The second kappa shape index (κ2) is 11.0. The molecule has 1 fully saturated rings. The average molecular weight is 403 g/mol. The van der Waals surface area contributed by atoms with Crippen LogP contribution in [0.2, 0.25) is 0 Å². The highest BCUT2D eigenvalue weighted by atomic mass is 15.0. The molecule has 2 atom stereocenters. The summed E-state index contributed by atoms with van der Waals surface area (Å²) in [4.78, 5) is 10.2. The molecule has 0 amide bonds. The third kappa shape index (κ3) is 5.71. The summed E-state index contributed by atoms with van der Waals surface area (Å²) in [5.41, 5.74) is 4.44. The second-order valence-electron chi connectivity index (χ2n) is 8.37. The zero-order valence-corrected chi connectivity index (χ0v) is 17.9. The Morgan fingerprint density at radius 2 is 1.47 bits per heavy atom. The van der Waals surface area contributed by atoms with Crippen LogP contribution in [0.4, 0.5) is 0 Å². The first-order chi connectivity index (χ1) is 14.9. The third-order valence-electron chi connectivity index (χ3n) is 6.09. The van der Waals surface area contributed by atoms with E-state index >= 15 is 0 Å². The van der Waals surface area contributed by atoms with Gasteiger partial charge in [0, 0.05) is 19.1 Å². The summed E-state index contributed by atoms with van der Waals surface area (Å²) in [6.07, 6.45) is 30.7. The molecule has 0 aromatic rings. The van der Waals surface area contributed by atoms with Crippen LogP contribution >= 0.6 is 0 Å². The molecular formula is C26H34N4. The van der Waals surface area contributed by atoms with Gasteiger partial charge < -0.3 is 10.6 Å². The van der Waals surface area contributed by atoms with Gasteiger partial charge in [-0.2, -0.15) is 0 Å². The van der Waals surface area contributed by atoms with E-state index in [1.54, 1.807) is 0 Å². The van der Waals surface area contributed by atoms with E-state index in [0.717, 1.165) is 55.2 Å². The van der Waals surface area contributed by atoms with Crippen molar-refractivity contribution in [3.63, 3.8) is 0 Å². The van der Waals surface area contributed by atoms with Crippen LogP contribution in [0.25, 0.3) is 0 Å². The Kier molecular flexibility index (Phi) is 7.54. The average Bonchev–Trinajstić information content (AvgIpc) is 3.11. The zero-order chi connectivity index (χ0) is 20.4. The molecule has 2 N–H and O–H groups in total. The Hall–Kier alpha value is -2.62. The van der Waals surface area contributed by atoms with Gasteiger partial charge in [-0.05, 0) is 50.0 Å². The molecule has 0 radical (unpaired) electrons. The lowest BCUT2D eigenvalue weighted by Gasteiger charge is -2.32. The fraction of sp³-hybridized carbons (Fsp3) is 0.462. The lowest BCUT2D eigenvalue weighted by molar-refractivity contribution is 0.351. The Morgan fingerprint density at radius 1 is 0.700 bits per heavy atom. The topological polar surface area (TPSA) is 48.8 Å². The highest BCUT2D eigenvalue weighted by molar-refractivity contribution is 6.09. The molecule has 4 rings (SSSR count). The first-order valence-corrected chi connectivity index (χ1v) is 11.6. The van der Waals surface area contributed by atoms with Gasteiger partial charge in [0.2, 0.25) is 0 Å². The summed E-state index contributed by atoms with van der Waals surface area (Å²) < 4.78 is 0. The zero-order valence-electron chi connectivity index (χ0n) is 17.9. The van der Waals surface area contributed by atoms with Gasteiger partial charge in [0.25, 0.3) is 0 Å². The number of hydrogen-bond acceptors (Lipinski definition) is 4. The van der Waals surface area contributed by atoms with Crippen molar-refractivity contribution < 1.29 is 0 Å². The molecule has 158 valence electrons. The van der Waals surface area contributed by atoms with Crippen LogP contribution in [0.15, 0.2) is 82.1 Å². The molecule has 0 spiro atoms. The van der Waals surface area contributed by atoms with E-state index in [4.69, 9.17) is 9.98 Å². The third-order valence-corrected chi connectivity index (χ3v) is 6.09. The summed E-state index contributed by atoms with van der Waals surface area (Å²) >= 11 is 0. The predicted octanol–water partition coefficient (Wildman–Crippen LogP) is 4.95. The summed E-state index contributed by atoms with van der Waals surface area (Å²) in [5, 5.41) is 7.47. The normalized spacial score (nSPS) is 27.5. The number of allylic oxidation sites excluding steroid dienone is 10. The monoisotopic (exact) mass is 402 g/mol. The molecule has 0 bridgehead atoms. The van der Waals surface area contributed by atoms with Gasteiger partial charge in [0.05, 0.1) is 28.9 Å². The van der Waals surface area contributed by atoms with Crippen LogP contribution < -0.4 is 10.6 Å². The SMILES string of the molecule is C1=CC=C2NCCCCCCN=C3C=CC=CC=C3N[C@H]3CCCC[C@@H]3N=C2C=C1. The molecule has 30 heavy (non-hydrogen) atoms.